The molecule has 0 aromatic carbocycles. The molecule has 0 saturated heterocycles. The summed E-state index contributed by atoms with van der Waals surface area (Å²) in [6.07, 6.45) is 5.82. The molecule has 0 fully saturated rings. The fraction of sp³-hybridized carbons (Fsp3) is 0.417. The van der Waals surface area contributed by atoms with Gasteiger partial charge in [0.1, 0.15) is 0 Å². The molecule has 0 aliphatic heterocycles. The highest BCUT2D eigenvalue weighted by molar-refractivity contribution is 5.56. The lowest BCUT2D eigenvalue weighted by Crippen LogP contribution is -1.99. The van der Waals surface area contributed by atoms with Gasteiger partial charge in [-0.05, 0) is 12.5 Å². The average Bonchev–Trinajstić information content (AvgIpc) is 2.77. The van der Waals surface area contributed by atoms with Crippen LogP contribution in [0.3, 0.4) is 0 Å². The van der Waals surface area contributed by atoms with E-state index in [4.69, 9.17) is 4.74 Å². The van der Waals surface area contributed by atoms with Crippen LogP contribution in [0.25, 0.3) is 11.3 Å². The van der Waals surface area contributed by atoms with E-state index in [1.807, 2.05) is 25.4 Å². The zero-order valence-corrected chi connectivity index (χ0v) is 10.1. The van der Waals surface area contributed by atoms with Crippen LogP contribution in [-0.4, -0.2) is 26.6 Å². The van der Waals surface area contributed by atoms with Gasteiger partial charge in [-0.15, -0.1) is 10.2 Å². The van der Waals surface area contributed by atoms with E-state index >= 15 is 0 Å². The highest BCUT2D eigenvalue weighted by atomic mass is 16.5. The van der Waals surface area contributed by atoms with E-state index in [9.17, 15) is 0 Å². The first-order valence-corrected chi connectivity index (χ1v) is 5.75. The lowest BCUT2D eigenvalue weighted by atomic mass is 10.2. The van der Waals surface area contributed by atoms with Gasteiger partial charge < -0.3 is 4.74 Å². The van der Waals surface area contributed by atoms with E-state index in [0.717, 1.165) is 24.1 Å². The Hall–Kier alpha value is -1.91. The Morgan fingerprint density at radius 3 is 2.76 bits per heavy atom. The second-order valence-electron chi connectivity index (χ2n) is 3.86. The van der Waals surface area contributed by atoms with Gasteiger partial charge in [-0.25, -0.2) is 0 Å². The van der Waals surface area contributed by atoms with E-state index < -0.39 is 0 Å². The maximum atomic E-state index is 5.45. The highest BCUT2D eigenvalue weighted by Gasteiger charge is 2.03. The van der Waals surface area contributed by atoms with Gasteiger partial charge in [-0.2, -0.15) is 5.10 Å². The van der Waals surface area contributed by atoms with Gasteiger partial charge in [0.05, 0.1) is 18.5 Å². The van der Waals surface area contributed by atoms with Gasteiger partial charge in [0.25, 0.3) is 0 Å². The van der Waals surface area contributed by atoms with E-state index in [-0.39, 0.29) is 0 Å². The van der Waals surface area contributed by atoms with Crippen LogP contribution in [0.5, 0.6) is 5.88 Å². The smallest absolute Gasteiger partial charge is 0.233 e. The van der Waals surface area contributed by atoms with Crippen molar-refractivity contribution in [2.75, 3.05) is 6.61 Å². The molecule has 5 heteroatoms. The van der Waals surface area contributed by atoms with Gasteiger partial charge in [0.15, 0.2) is 0 Å². The number of unbranched alkanes of at least 4 members (excludes halogenated alkanes) is 1. The van der Waals surface area contributed by atoms with Crippen molar-refractivity contribution in [1.29, 1.82) is 0 Å². The number of aryl methyl sites for hydroxylation is 1. The Kier molecular flexibility index (Phi) is 3.69. The summed E-state index contributed by atoms with van der Waals surface area (Å²) < 4.78 is 7.19. The van der Waals surface area contributed by atoms with Gasteiger partial charge in [-0.3, -0.25) is 4.68 Å². The molecule has 90 valence electrons. The molecular weight excluding hydrogens is 216 g/mol. The molecule has 0 N–H and O–H groups in total. The van der Waals surface area contributed by atoms with Crippen molar-refractivity contribution >= 4 is 0 Å². The molecular formula is C12H16N4O. The Labute approximate surface area is 100 Å². The van der Waals surface area contributed by atoms with Crippen LogP contribution in [0.4, 0.5) is 0 Å². The summed E-state index contributed by atoms with van der Waals surface area (Å²) in [5.41, 5.74) is 1.76. The SMILES string of the molecule is CCCCOc1ccc(-c2cnn(C)c2)nn1. The van der Waals surface area contributed by atoms with Crippen LogP contribution in [0.1, 0.15) is 19.8 Å². The fourth-order valence-corrected chi connectivity index (χ4v) is 1.43. The minimum atomic E-state index is 0.575. The Morgan fingerprint density at radius 2 is 2.18 bits per heavy atom. The Morgan fingerprint density at radius 1 is 1.29 bits per heavy atom. The number of hydrogen-bond donors (Lipinski definition) is 0. The zero-order chi connectivity index (χ0) is 12.1. The third-order valence-corrected chi connectivity index (χ3v) is 2.39. The van der Waals surface area contributed by atoms with Crippen molar-refractivity contribution in [3.05, 3.63) is 24.5 Å². The van der Waals surface area contributed by atoms with Crippen molar-refractivity contribution in [2.24, 2.45) is 7.05 Å². The number of nitrogens with zero attached hydrogens (tertiary/aromatic N) is 4. The Bertz CT molecular complexity index is 464. The van der Waals surface area contributed by atoms with Crippen molar-refractivity contribution < 1.29 is 4.74 Å². The molecule has 2 aromatic rings. The summed E-state index contributed by atoms with van der Waals surface area (Å²) in [6, 6.07) is 3.73. The third-order valence-electron chi connectivity index (χ3n) is 2.39. The number of hydrogen-bond acceptors (Lipinski definition) is 4. The maximum Gasteiger partial charge on any atom is 0.233 e. The maximum absolute atomic E-state index is 5.45. The summed E-state index contributed by atoms with van der Waals surface area (Å²) in [7, 11) is 1.87. The second-order valence-corrected chi connectivity index (χ2v) is 3.86. The molecule has 0 saturated carbocycles. The normalized spacial score (nSPS) is 10.5. The molecule has 0 amide bonds. The Balaban J connectivity index is 2.02. The molecule has 5 nitrogen and oxygen atoms in total. The molecule has 0 unspecified atom stereocenters. The molecule has 0 aliphatic rings. The molecule has 0 spiro atoms. The molecule has 2 aromatic heterocycles. The van der Waals surface area contributed by atoms with Gasteiger partial charge in [-0.1, -0.05) is 13.3 Å². The highest BCUT2D eigenvalue weighted by Crippen LogP contribution is 2.16. The van der Waals surface area contributed by atoms with Crippen LogP contribution >= 0.6 is 0 Å². The second kappa shape index (κ2) is 5.43. The van der Waals surface area contributed by atoms with E-state index in [0.29, 0.717) is 12.5 Å². The summed E-state index contributed by atoms with van der Waals surface area (Å²) in [6.45, 7) is 2.82. The zero-order valence-electron chi connectivity index (χ0n) is 10.1. The lowest BCUT2D eigenvalue weighted by molar-refractivity contribution is 0.294. The van der Waals surface area contributed by atoms with E-state index in [2.05, 4.69) is 22.2 Å². The monoisotopic (exact) mass is 232 g/mol. The quantitative estimate of drug-likeness (QED) is 0.740. The molecule has 0 atom stereocenters. The molecule has 0 aliphatic carbocycles. The van der Waals surface area contributed by atoms with Gasteiger partial charge >= 0.3 is 0 Å². The van der Waals surface area contributed by atoms with Crippen LogP contribution in [0.2, 0.25) is 0 Å². The van der Waals surface area contributed by atoms with Gasteiger partial charge in [0.2, 0.25) is 5.88 Å². The van der Waals surface area contributed by atoms with Crippen molar-refractivity contribution in [2.45, 2.75) is 19.8 Å². The summed E-state index contributed by atoms with van der Waals surface area (Å²) in [5.74, 6) is 0.575. The van der Waals surface area contributed by atoms with Crippen molar-refractivity contribution in [3.63, 3.8) is 0 Å². The first-order valence-electron chi connectivity index (χ1n) is 5.75. The summed E-state index contributed by atoms with van der Waals surface area (Å²) in [5, 5.41) is 12.2. The summed E-state index contributed by atoms with van der Waals surface area (Å²) in [4.78, 5) is 0. The molecule has 2 rings (SSSR count). The minimum Gasteiger partial charge on any atom is -0.477 e. The average molecular weight is 232 g/mol. The largest absolute Gasteiger partial charge is 0.477 e. The van der Waals surface area contributed by atoms with Gasteiger partial charge in [0, 0.05) is 24.9 Å². The molecule has 0 bridgehead atoms. The van der Waals surface area contributed by atoms with Crippen molar-refractivity contribution in [3.8, 4) is 17.1 Å². The van der Waals surface area contributed by atoms with Crippen LogP contribution in [-0.2, 0) is 7.05 Å². The minimum absolute atomic E-state index is 0.575. The molecule has 17 heavy (non-hydrogen) atoms. The third kappa shape index (κ3) is 3.03. The van der Waals surface area contributed by atoms with Crippen LogP contribution in [0, 0.1) is 0 Å². The number of rotatable bonds is 5. The first kappa shape index (κ1) is 11.6. The van der Waals surface area contributed by atoms with E-state index in [1.165, 1.54) is 0 Å². The topological polar surface area (TPSA) is 52.8 Å². The number of aromatic nitrogens is 4. The molecule has 0 radical (unpaired) electrons. The van der Waals surface area contributed by atoms with Crippen LogP contribution in [0.15, 0.2) is 24.5 Å². The summed E-state index contributed by atoms with van der Waals surface area (Å²) >= 11 is 0. The predicted molar refractivity (Wildman–Crippen MR) is 64.6 cm³/mol. The molecule has 2 heterocycles. The fourth-order valence-electron chi connectivity index (χ4n) is 1.43. The standard InChI is InChI=1S/C12H16N4O/c1-3-4-7-17-12-6-5-11(14-15-12)10-8-13-16(2)9-10/h5-6,8-9H,3-4,7H2,1-2H3. The lowest BCUT2D eigenvalue weighted by Gasteiger charge is -2.03. The van der Waals surface area contributed by atoms with Crippen LogP contribution < -0.4 is 4.74 Å². The van der Waals surface area contributed by atoms with E-state index in [1.54, 1.807) is 10.9 Å². The predicted octanol–water partition coefficient (Wildman–Crippen LogP) is 2.06. The number of ether oxygens (including phenoxy) is 1. The first-order chi connectivity index (χ1) is 8.29. The van der Waals surface area contributed by atoms with Crippen molar-refractivity contribution in [1.82, 2.24) is 20.0 Å².